The number of H-pyrrole nitrogens is 1. The molecule has 0 saturated carbocycles. The van der Waals surface area contributed by atoms with E-state index in [0.29, 0.717) is 27.1 Å². The van der Waals surface area contributed by atoms with Gasteiger partial charge in [0, 0.05) is 23.8 Å². The molecule has 3 aromatic heterocycles. The van der Waals surface area contributed by atoms with Crippen LogP contribution in [0.5, 0.6) is 0 Å². The zero-order valence-corrected chi connectivity index (χ0v) is 13.7. The van der Waals surface area contributed by atoms with Crippen LogP contribution in [0.2, 0.25) is 0 Å². The number of hydrogen-bond donors (Lipinski definition) is 1. The van der Waals surface area contributed by atoms with E-state index in [2.05, 4.69) is 15.0 Å². The molecule has 0 saturated heterocycles. The molecule has 7 heteroatoms. The third kappa shape index (κ3) is 2.81. The topological polar surface area (TPSA) is 80.1 Å². The SMILES string of the molecule is O=C(N=c1sccc(=O)n1-c1ccccc1)c1c[nH]c2ncccc12. The van der Waals surface area contributed by atoms with E-state index < -0.39 is 5.91 Å². The Balaban J connectivity index is 1.89. The summed E-state index contributed by atoms with van der Waals surface area (Å²) >= 11 is 1.23. The highest BCUT2D eigenvalue weighted by atomic mass is 32.1. The highest BCUT2D eigenvalue weighted by Crippen LogP contribution is 2.16. The van der Waals surface area contributed by atoms with Crippen LogP contribution in [0.3, 0.4) is 0 Å². The molecule has 122 valence electrons. The van der Waals surface area contributed by atoms with Gasteiger partial charge in [-0.3, -0.25) is 14.2 Å². The first-order valence-electron chi connectivity index (χ1n) is 7.51. The van der Waals surface area contributed by atoms with Crippen LogP contribution in [0, 0.1) is 0 Å². The van der Waals surface area contributed by atoms with Crippen molar-refractivity contribution in [1.82, 2.24) is 14.5 Å². The molecule has 1 amide bonds. The Morgan fingerprint density at radius 3 is 2.80 bits per heavy atom. The van der Waals surface area contributed by atoms with Crippen molar-refractivity contribution >= 4 is 28.3 Å². The quantitative estimate of drug-likeness (QED) is 0.604. The van der Waals surface area contributed by atoms with Crippen LogP contribution in [0.4, 0.5) is 0 Å². The predicted octanol–water partition coefficient (Wildman–Crippen LogP) is 2.52. The minimum atomic E-state index is -0.425. The van der Waals surface area contributed by atoms with Gasteiger partial charge in [-0.2, -0.15) is 4.99 Å². The van der Waals surface area contributed by atoms with Gasteiger partial charge in [-0.25, -0.2) is 4.98 Å². The van der Waals surface area contributed by atoms with E-state index in [1.54, 1.807) is 42.0 Å². The number of amides is 1. The number of benzene rings is 1. The number of hydrogen-bond acceptors (Lipinski definition) is 4. The van der Waals surface area contributed by atoms with Crippen molar-refractivity contribution in [3.63, 3.8) is 0 Å². The molecule has 0 spiro atoms. The summed E-state index contributed by atoms with van der Waals surface area (Å²) in [4.78, 5) is 36.6. The van der Waals surface area contributed by atoms with Gasteiger partial charge in [0.2, 0.25) is 4.80 Å². The molecule has 3 heterocycles. The highest BCUT2D eigenvalue weighted by molar-refractivity contribution is 7.06. The number of nitrogens with one attached hydrogen (secondary N) is 1. The lowest BCUT2D eigenvalue weighted by Gasteiger charge is -2.04. The van der Waals surface area contributed by atoms with E-state index in [0.717, 1.165) is 0 Å². The van der Waals surface area contributed by atoms with E-state index in [9.17, 15) is 9.59 Å². The van der Waals surface area contributed by atoms with E-state index in [1.165, 1.54) is 22.0 Å². The number of carbonyl (C=O) groups excluding carboxylic acids is 1. The second-order valence-corrected chi connectivity index (χ2v) is 6.10. The number of aromatic amines is 1. The minimum Gasteiger partial charge on any atom is -0.345 e. The number of pyridine rings is 1. The molecule has 1 N–H and O–H groups in total. The lowest BCUT2D eigenvalue weighted by Crippen LogP contribution is -2.30. The van der Waals surface area contributed by atoms with Crippen molar-refractivity contribution in [2.75, 3.05) is 0 Å². The van der Waals surface area contributed by atoms with Gasteiger partial charge in [-0.05, 0) is 29.6 Å². The van der Waals surface area contributed by atoms with Crippen LogP contribution in [0.15, 0.2) is 76.1 Å². The molecule has 0 unspecified atom stereocenters. The van der Waals surface area contributed by atoms with Crippen molar-refractivity contribution in [3.05, 3.63) is 87.0 Å². The molecule has 1 aromatic carbocycles. The maximum atomic E-state index is 12.7. The molecule has 0 bridgehead atoms. The van der Waals surface area contributed by atoms with E-state index in [-0.39, 0.29) is 5.56 Å². The van der Waals surface area contributed by atoms with Gasteiger partial charge in [0.15, 0.2) is 0 Å². The average molecular weight is 348 g/mol. The molecule has 6 nitrogen and oxygen atoms in total. The second kappa shape index (κ2) is 6.29. The van der Waals surface area contributed by atoms with Crippen LogP contribution < -0.4 is 10.4 Å². The van der Waals surface area contributed by atoms with Gasteiger partial charge in [0.1, 0.15) is 5.65 Å². The van der Waals surface area contributed by atoms with Crippen LogP contribution in [-0.2, 0) is 0 Å². The molecule has 0 aliphatic carbocycles. The molecule has 0 aliphatic rings. The molecule has 0 aliphatic heterocycles. The van der Waals surface area contributed by atoms with Crippen LogP contribution in [-0.4, -0.2) is 20.4 Å². The number of para-hydroxylation sites is 1. The Hall–Kier alpha value is -3.32. The van der Waals surface area contributed by atoms with E-state index in [1.807, 2.05) is 18.2 Å². The van der Waals surface area contributed by atoms with Crippen molar-refractivity contribution in [2.45, 2.75) is 0 Å². The van der Waals surface area contributed by atoms with Gasteiger partial charge in [0.05, 0.1) is 11.3 Å². The third-order valence-corrected chi connectivity index (χ3v) is 4.45. The Kier molecular flexibility index (Phi) is 3.83. The van der Waals surface area contributed by atoms with Crippen LogP contribution in [0.1, 0.15) is 10.4 Å². The van der Waals surface area contributed by atoms with Crippen LogP contribution >= 0.6 is 11.3 Å². The Morgan fingerprint density at radius 1 is 1.12 bits per heavy atom. The number of rotatable bonds is 2. The Labute approximate surface area is 145 Å². The molecule has 25 heavy (non-hydrogen) atoms. The molecular formula is C18H12N4O2S. The van der Waals surface area contributed by atoms with Crippen molar-refractivity contribution in [1.29, 1.82) is 0 Å². The zero-order valence-electron chi connectivity index (χ0n) is 12.9. The number of aromatic nitrogens is 3. The maximum Gasteiger partial charge on any atom is 0.281 e. The third-order valence-electron chi connectivity index (χ3n) is 3.69. The summed E-state index contributed by atoms with van der Waals surface area (Å²) in [6.45, 7) is 0. The van der Waals surface area contributed by atoms with Crippen molar-refractivity contribution < 1.29 is 4.79 Å². The summed E-state index contributed by atoms with van der Waals surface area (Å²) in [5.74, 6) is -0.425. The first-order chi connectivity index (χ1) is 12.2. The fraction of sp³-hybridized carbons (Fsp3) is 0. The van der Waals surface area contributed by atoms with Crippen molar-refractivity contribution in [3.8, 4) is 5.69 Å². The standard InChI is InChI=1S/C18H12N4O2S/c23-15-8-10-25-18(22(15)12-5-2-1-3-6-12)21-17(24)14-11-20-16-13(14)7-4-9-19-16/h1-11H,(H,19,20). The minimum absolute atomic E-state index is 0.239. The molecule has 0 atom stereocenters. The summed E-state index contributed by atoms with van der Waals surface area (Å²) in [5.41, 5.74) is 1.47. The first kappa shape index (κ1) is 15.2. The molecular weight excluding hydrogens is 336 g/mol. The van der Waals surface area contributed by atoms with E-state index in [4.69, 9.17) is 0 Å². The maximum absolute atomic E-state index is 12.7. The van der Waals surface area contributed by atoms with Crippen molar-refractivity contribution in [2.24, 2.45) is 4.99 Å². The van der Waals surface area contributed by atoms with Gasteiger partial charge in [-0.1, -0.05) is 18.2 Å². The Morgan fingerprint density at radius 2 is 1.96 bits per heavy atom. The number of carbonyl (C=O) groups is 1. The largest absolute Gasteiger partial charge is 0.345 e. The fourth-order valence-corrected chi connectivity index (χ4v) is 3.29. The molecule has 0 fully saturated rings. The summed E-state index contributed by atoms with van der Waals surface area (Å²) in [5, 5.41) is 2.33. The summed E-state index contributed by atoms with van der Waals surface area (Å²) in [6.07, 6.45) is 3.23. The summed E-state index contributed by atoms with van der Waals surface area (Å²) in [7, 11) is 0. The zero-order chi connectivity index (χ0) is 17.2. The first-order valence-corrected chi connectivity index (χ1v) is 8.39. The number of nitrogens with zero attached hydrogens (tertiary/aromatic N) is 3. The smallest absolute Gasteiger partial charge is 0.281 e. The summed E-state index contributed by atoms with van der Waals surface area (Å²) < 4.78 is 1.43. The monoisotopic (exact) mass is 348 g/mol. The van der Waals surface area contributed by atoms with Gasteiger partial charge in [0.25, 0.3) is 11.5 Å². The lowest BCUT2D eigenvalue weighted by molar-refractivity contribution is 0.0999. The summed E-state index contributed by atoms with van der Waals surface area (Å²) in [6, 6.07) is 14.1. The van der Waals surface area contributed by atoms with Gasteiger partial charge in [-0.15, -0.1) is 11.3 Å². The van der Waals surface area contributed by atoms with Gasteiger partial charge < -0.3 is 4.98 Å². The fourth-order valence-electron chi connectivity index (χ4n) is 2.55. The van der Waals surface area contributed by atoms with Crippen LogP contribution in [0.25, 0.3) is 16.7 Å². The lowest BCUT2D eigenvalue weighted by atomic mass is 10.2. The normalized spacial score (nSPS) is 11.8. The molecule has 4 rings (SSSR count). The average Bonchev–Trinajstić information content (AvgIpc) is 3.07. The highest BCUT2D eigenvalue weighted by Gasteiger charge is 2.12. The molecule has 0 radical (unpaired) electrons. The predicted molar refractivity (Wildman–Crippen MR) is 95.9 cm³/mol. The number of fused-ring (bicyclic) bond motifs is 1. The molecule has 4 aromatic rings. The Bertz CT molecular complexity index is 1190. The van der Waals surface area contributed by atoms with Gasteiger partial charge >= 0.3 is 0 Å². The van der Waals surface area contributed by atoms with E-state index >= 15 is 0 Å². The second-order valence-electron chi connectivity index (χ2n) is 5.23.